The average molecular weight is 509 g/mol. The van der Waals surface area contributed by atoms with E-state index in [2.05, 4.69) is 31.2 Å². The highest BCUT2D eigenvalue weighted by molar-refractivity contribution is 8.15. The zero-order valence-corrected chi connectivity index (χ0v) is 20.3. The highest BCUT2D eigenvalue weighted by atomic mass is 32.2. The summed E-state index contributed by atoms with van der Waals surface area (Å²) in [7, 11) is 1.54. The Morgan fingerprint density at radius 2 is 2.19 bits per heavy atom. The van der Waals surface area contributed by atoms with Crippen molar-refractivity contribution in [3.05, 3.63) is 59.0 Å². The van der Waals surface area contributed by atoms with E-state index in [9.17, 15) is 9.18 Å². The van der Waals surface area contributed by atoms with E-state index in [-0.39, 0.29) is 41.5 Å². The molecule has 1 aromatic carbocycles. The van der Waals surface area contributed by atoms with Gasteiger partial charge < -0.3 is 15.8 Å². The van der Waals surface area contributed by atoms with Crippen LogP contribution in [0.4, 0.5) is 8.78 Å². The fourth-order valence-corrected chi connectivity index (χ4v) is 6.32. The molecule has 1 aliphatic carbocycles. The van der Waals surface area contributed by atoms with E-state index in [1.165, 1.54) is 25.0 Å². The van der Waals surface area contributed by atoms with Gasteiger partial charge in [-0.2, -0.15) is 0 Å². The van der Waals surface area contributed by atoms with Crippen LogP contribution in [0.2, 0.25) is 0 Å². The second kappa shape index (κ2) is 8.71. The van der Waals surface area contributed by atoms with Gasteiger partial charge in [0.2, 0.25) is 11.8 Å². The lowest BCUT2D eigenvalue weighted by Crippen LogP contribution is -2.43. The first-order valence-corrected chi connectivity index (χ1v) is 12.0. The molecule has 1 saturated carbocycles. The minimum absolute atomic E-state index is 0.0489. The number of pyridine rings is 1. The number of thioether (sulfide) groups is 1. The third-order valence-electron chi connectivity index (χ3n) is 6.65. The van der Waals surface area contributed by atoms with Crippen LogP contribution in [0.5, 0.6) is 5.88 Å². The average Bonchev–Trinajstić information content (AvgIpc) is 3.61. The summed E-state index contributed by atoms with van der Waals surface area (Å²) in [5.74, 6) is 0.0677. The summed E-state index contributed by atoms with van der Waals surface area (Å²) in [6.07, 6.45) is 8.83. The van der Waals surface area contributed by atoms with Gasteiger partial charge in [-0.15, -0.1) is 6.42 Å². The molecule has 184 valence electrons. The number of fused-ring (bicyclic) bond motifs is 2. The van der Waals surface area contributed by atoms with Crippen LogP contribution in [-0.4, -0.2) is 44.4 Å². The maximum absolute atomic E-state index is 15.2. The zero-order valence-electron chi connectivity index (χ0n) is 19.5. The summed E-state index contributed by atoms with van der Waals surface area (Å²) in [5.41, 5.74) is 6.93. The van der Waals surface area contributed by atoms with Crippen molar-refractivity contribution in [1.29, 1.82) is 0 Å². The number of ether oxygens (including phenoxy) is 1. The number of rotatable bonds is 6. The van der Waals surface area contributed by atoms with Crippen LogP contribution in [0.15, 0.2) is 35.6 Å². The summed E-state index contributed by atoms with van der Waals surface area (Å²) in [6.45, 7) is 1.75. The van der Waals surface area contributed by atoms with E-state index >= 15 is 4.39 Å². The lowest BCUT2D eigenvalue weighted by Gasteiger charge is -2.33. The molecule has 0 radical (unpaired) electrons. The quantitative estimate of drug-likeness (QED) is 0.492. The van der Waals surface area contributed by atoms with E-state index in [0.717, 1.165) is 6.07 Å². The van der Waals surface area contributed by atoms with Gasteiger partial charge in [0.15, 0.2) is 23.4 Å². The number of carbonyl (C=O) groups is 1. The van der Waals surface area contributed by atoms with Gasteiger partial charge in [-0.25, -0.2) is 18.7 Å². The van der Waals surface area contributed by atoms with Crippen molar-refractivity contribution in [2.75, 3.05) is 13.7 Å². The Labute approximate surface area is 210 Å². The van der Waals surface area contributed by atoms with Gasteiger partial charge in [-0.1, -0.05) is 17.7 Å². The number of nitrogens with one attached hydrogen (secondary N) is 1. The molecule has 0 spiro atoms. The molecule has 1 fully saturated rings. The van der Waals surface area contributed by atoms with Crippen molar-refractivity contribution in [3.8, 4) is 18.2 Å². The molecule has 2 aliphatic rings. The molecule has 0 saturated heterocycles. The van der Waals surface area contributed by atoms with Gasteiger partial charge in [0.1, 0.15) is 10.3 Å². The summed E-state index contributed by atoms with van der Waals surface area (Å²) in [4.78, 5) is 30.3. The topological polar surface area (TPSA) is 115 Å². The van der Waals surface area contributed by atoms with E-state index in [0.29, 0.717) is 28.7 Å². The largest absolute Gasteiger partial charge is 0.463 e. The third-order valence-corrected chi connectivity index (χ3v) is 7.95. The van der Waals surface area contributed by atoms with Crippen molar-refractivity contribution in [2.45, 2.75) is 30.1 Å². The predicted molar refractivity (Wildman–Crippen MR) is 132 cm³/mol. The molecule has 3 atom stereocenters. The minimum atomic E-state index is -1.21. The molecule has 2 aromatic heterocycles. The predicted octanol–water partition coefficient (Wildman–Crippen LogP) is 2.69. The highest BCUT2D eigenvalue weighted by Crippen LogP contribution is 2.66. The maximum atomic E-state index is 15.2. The number of terminal acetylenes is 1. The van der Waals surface area contributed by atoms with E-state index in [4.69, 9.17) is 16.9 Å². The van der Waals surface area contributed by atoms with E-state index < -0.39 is 21.9 Å². The van der Waals surface area contributed by atoms with Gasteiger partial charge in [0.25, 0.3) is 0 Å². The van der Waals surface area contributed by atoms with Gasteiger partial charge in [0, 0.05) is 31.1 Å². The Hall–Kier alpha value is -3.78. The molecule has 0 unspecified atom stereocenters. The monoisotopic (exact) mass is 508 g/mol. The fourth-order valence-electron chi connectivity index (χ4n) is 4.89. The number of hydrogen-bond acceptors (Lipinski definition) is 8. The Kier molecular flexibility index (Phi) is 5.79. The molecule has 3 heterocycles. The minimum Gasteiger partial charge on any atom is -0.463 e. The molecule has 1 aliphatic heterocycles. The number of nitrogens with two attached hydrogens (primary N) is 1. The van der Waals surface area contributed by atoms with Gasteiger partial charge in [-0.3, -0.25) is 14.8 Å². The van der Waals surface area contributed by atoms with Crippen molar-refractivity contribution in [2.24, 2.45) is 16.6 Å². The van der Waals surface area contributed by atoms with Crippen LogP contribution in [0.25, 0.3) is 11.0 Å². The summed E-state index contributed by atoms with van der Waals surface area (Å²) in [6, 6.07) is 4.37. The molecule has 0 bridgehead atoms. The molecule has 3 N–H and O–H groups in total. The van der Waals surface area contributed by atoms with Gasteiger partial charge in [0.05, 0.1) is 22.9 Å². The molecule has 8 nitrogen and oxygen atoms in total. The number of amides is 1. The molecular formula is C25H22F2N6O2S. The van der Waals surface area contributed by atoms with Gasteiger partial charge >= 0.3 is 0 Å². The number of hydrogen-bond donors (Lipinski definition) is 2. The number of aliphatic imine (C=N–C) groups is 1. The number of amidine groups is 1. The summed E-state index contributed by atoms with van der Waals surface area (Å²) in [5, 5.41) is 2.81. The molecule has 3 aromatic rings. The first kappa shape index (κ1) is 23.9. The first-order chi connectivity index (χ1) is 17.2. The molecule has 1 amide bonds. The highest BCUT2D eigenvalue weighted by Gasteiger charge is 2.70. The molecule has 11 heteroatoms. The Morgan fingerprint density at radius 3 is 2.94 bits per heavy atom. The fraction of sp³-hybridized carbons (Fsp3) is 0.320. The molecule has 36 heavy (non-hydrogen) atoms. The van der Waals surface area contributed by atoms with Crippen LogP contribution in [-0.2, 0) is 16.8 Å². The van der Waals surface area contributed by atoms with Crippen molar-refractivity contribution < 1.29 is 18.3 Å². The molecule has 5 rings (SSSR count). The van der Waals surface area contributed by atoms with Crippen molar-refractivity contribution >= 4 is 33.9 Å². The Bertz CT molecular complexity index is 1470. The van der Waals surface area contributed by atoms with Crippen LogP contribution >= 0.6 is 11.8 Å². The number of nitrogens with zero attached hydrogens (tertiary/aromatic N) is 4. The SMILES string of the molecule is C#CCOc1cnc2c(Cc3cc(F)c(F)c([C@@]4(C)N=C(N)S[C@@]5(C(=O)NC)C[C@H]54)c3)nccc2n1. The number of carbonyl (C=O) groups excluding carboxylic acids is 1. The Balaban J connectivity index is 1.53. The van der Waals surface area contributed by atoms with Crippen molar-refractivity contribution in [1.82, 2.24) is 20.3 Å². The van der Waals surface area contributed by atoms with Crippen LogP contribution in [0.3, 0.4) is 0 Å². The lowest BCUT2D eigenvalue weighted by molar-refractivity contribution is -0.121. The smallest absolute Gasteiger partial charge is 0.236 e. The second-order valence-electron chi connectivity index (χ2n) is 8.87. The number of benzene rings is 1. The summed E-state index contributed by atoms with van der Waals surface area (Å²) >= 11 is 1.17. The molecular weight excluding hydrogens is 486 g/mol. The Morgan fingerprint density at radius 1 is 1.39 bits per heavy atom. The van der Waals surface area contributed by atoms with Crippen LogP contribution < -0.4 is 15.8 Å². The third kappa shape index (κ3) is 3.82. The second-order valence-corrected chi connectivity index (χ2v) is 10.2. The van der Waals surface area contributed by atoms with Gasteiger partial charge in [-0.05, 0) is 37.1 Å². The van der Waals surface area contributed by atoms with E-state index in [1.54, 1.807) is 25.3 Å². The normalized spacial score (nSPS) is 24.4. The number of halogens is 2. The lowest BCUT2D eigenvalue weighted by atomic mass is 9.84. The standard InChI is InChI=1S/C25H22F2N6O2S/c1-4-7-35-19-12-31-21-16(32-19)5-6-30-17(21)10-13-8-14(20(27)15(26)9-13)24(2)18-11-25(18,22(34)29-3)36-23(28)33-24/h1,5-6,8-9,12,18H,7,10-11H2,2-3H3,(H2,28,33)(H,29,34)/t18-,24+,25-/m0/s1. The summed E-state index contributed by atoms with van der Waals surface area (Å²) < 4.78 is 34.6. The maximum Gasteiger partial charge on any atom is 0.236 e. The number of aromatic nitrogens is 3. The van der Waals surface area contributed by atoms with Crippen LogP contribution in [0.1, 0.15) is 30.2 Å². The van der Waals surface area contributed by atoms with E-state index in [1.807, 2.05) is 0 Å². The zero-order chi connectivity index (χ0) is 25.7. The van der Waals surface area contributed by atoms with Crippen molar-refractivity contribution in [3.63, 3.8) is 0 Å². The first-order valence-electron chi connectivity index (χ1n) is 11.1. The van der Waals surface area contributed by atoms with Crippen LogP contribution in [0, 0.1) is 29.9 Å².